The van der Waals surface area contributed by atoms with Crippen molar-refractivity contribution in [3.05, 3.63) is 36.1 Å². The van der Waals surface area contributed by atoms with Crippen molar-refractivity contribution in [2.45, 2.75) is 166 Å². The second kappa shape index (κ2) is 29.2. The molecular weight excluding hydrogens is 497 g/mol. The first-order valence-corrected chi connectivity index (χ1v) is 15.7. The van der Waals surface area contributed by atoms with Gasteiger partial charge in [-0.3, -0.25) is 5.32 Å². The number of halogens is 3. The average molecular weight is 563 g/mol. The summed E-state index contributed by atoms with van der Waals surface area (Å²) in [5, 5.41) is 6.87. The Balaban J connectivity index is -0.000000347. The van der Waals surface area contributed by atoms with Crippen LogP contribution in [-0.4, -0.2) is 21.6 Å². The fourth-order valence-electron chi connectivity index (χ4n) is 3.51. The van der Waals surface area contributed by atoms with Crippen LogP contribution in [0.2, 0.25) is 0 Å². The van der Waals surface area contributed by atoms with Crippen LogP contribution in [0.25, 0.3) is 6.08 Å². The molecule has 3 rings (SSSR count). The summed E-state index contributed by atoms with van der Waals surface area (Å²) >= 11 is 0. The molecule has 7 heteroatoms. The fourth-order valence-corrected chi connectivity index (χ4v) is 3.51. The number of hydrogen-bond acceptors (Lipinski definition) is 3. The van der Waals surface area contributed by atoms with Crippen LogP contribution >= 0.6 is 0 Å². The first-order chi connectivity index (χ1) is 18.7. The molecule has 0 amide bonds. The minimum absolute atomic E-state index is 0.163. The van der Waals surface area contributed by atoms with E-state index in [2.05, 4.69) is 49.9 Å². The molecule has 0 radical (unpaired) electrons. The molecule has 0 saturated heterocycles. The number of rotatable bonds is 5. The molecule has 2 heterocycles. The number of unbranched alkanes of at least 4 members (excludes halogenated alkanes) is 1. The lowest BCUT2D eigenvalue weighted by Gasteiger charge is -2.34. The van der Waals surface area contributed by atoms with Crippen LogP contribution in [-0.2, 0) is 6.18 Å². The number of alkyl halides is 3. The number of hydrogen-bond donors (Lipinski definition) is 2. The van der Waals surface area contributed by atoms with Gasteiger partial charge in [-0.1, -0.05) is 115 Å². The maximum Gasteiger partial charge on any atom is 0.434 e. The van der Waals surface area contributed by atoms with Gasteiger partial charge in [-0.25, -0.2) is 4.98 Å². The molecule has 1 unspecified atom stereocenters. The van der Waals surface area contributed by atoms with Crippen LogP contribution in [0.4, 0.5) is 13.2 Å². The van der Waals surface area contributed by atoms with E-state index in [9.17, 15) is 13.2 Å². The maximum atomic E-state index is 12.9. The molecule has 0 bridgehead atoms. The van der Waals surface area contributed by atoms with E-state index in [1.165, 1.54) is 19.3 Å². The molecule has 234 valence electrons. The molecule has 1 aromatic heterocycles. The summed E-state index contributed by atoms with van der Waals surface area (Å²) < 4.78 is 40.2. The average Bonchev–Trinajstić information content (AvgIpc) is 3.41. The summed E-state index contributed by atoms with van der Waals surface area (Å²) in [6, 6.07) is 0.765. The summed E-state index contributed by atoms with van der Waals surface area (Å²) in [4.78, 5) is 3.70. The van der Waals surface area contributed by atoms with E-state index in [0.717, 1.165) is 37.6 Å². The standard InChI is InChI=1S/C17H23F3N4.C4H10.C3H8.4C2H6/c1-11(2)21-12-6-8-13(9-7-12)22-15-4-3-5-16-23-14(10-24(15)16)17(18,19)20;1-3-4-2;1-3-2;4*1-2/h3,5,10,12-13,15,21-22H,1,4,6-9H2,2H3;3-4H2,1-2H3;3H2,1-2H3;4*1-2H3. The van der Waals surface area contributed by atoms with Gasteiger partial charge >= 0.3 is 6.18 Å². The Morgan fingerprint density at radius 1 is 0.897 bits per heavy atom. The number of allylic oxidation sites excluding steroid dienone is 1. The van der Waals surface area contributed by atoms with Gasteiger partial charge in [0.2, 0.25) is 0 Å². The molecule has 1 aromatic rings. The summed E-state index contributed by atoms with van der Waals surface area (Å²) in [5.41, 5.74) is 0.150. The van der Waals surface area contributed by atoms with E-state index in [-0.39, 0.29) is 6.17 Å². The van der Waals surface area contributed by atoms with Crippen molar-refractivity contribution in [2.24, 2.45) is 0 Å². The van der Waals surface area contributed by atoms with Gasteiger partial charge in [0.1, 0.15) is 5.82 Å². The highest BCUT2D eigenvalue weighted by Crippen LogP contribution is 2.32. The van der Waals surface area contributed by atoms with Crippen LogP contribution < -0.4 is 10.6 Å². The second-order valence-electron chi connectivity index (χ2n) is 8.39. The monoisotopic (exact) mass is 563 g/mol. The summed E-state index contributed by atoms with van der Waals surface area (Å²) in [6.45, 7) is 30.4. The Labute approximate surface area is 241 Å². The maximum absolute atomic E-state index is 12.9. The molecule has 1 aliphatic heterocycles. The summed E-state index contributed by atoms with van der Waals surface area (Å²) in [5.74, 6) is 0.365. The molecule has 2 aliphatic rings. The second-order valence-corrected chi connectivity index (χ2v) is 8.39. The van der Waals surface area contributed by atoms with Gasteiger partial charge in [0, 0.05) is 24.0 Å². The predicted molar refractivity (Wildman–Crippen MR) is 169 cm³/mol. The first kappa shape index (κ1) is 44.3. The number of nitrogens with one attached hydrogen (secondary N) is 2. The van der Waals surface area contributed by atoms with Gasteiger partial charge in [0.05, 0.1) is 6.17 Å². The van der Waals surface area contributed by atoms with Crippen molar-refractivity contribution < 1.29 is 13.2 Å². The number of imidazole rings is 1. The van der Waals surface area contributed by atoms with Crippen molar-refractivity contribution in [2.75, 3.05) is 0 Å². The molecule has 1 saturated carbocycles. The van der Waals surface area contributed by atoms with Crippen molar-refractivity contribution in [1.29, 1.82) is 0 Å². The number of fused-ring (bicyclic) bond motifs is 1. The van der Waals surface area contributed by atoms with Crippen LogP contribution in [0.15, 0.2) is 24.5 Å². The van der Waals surface area contributed by atoms with Crippen LogP contribution in [0, 0.1) is 0 Å². The number of aromatic nitrogens is 2. The molecule has 39 heavy (non-hydrogen) atoms. The van der Waals surface area contributed by atoms with Crippen LogP contribution in [0.1, 0.15) is 159 Å². The molecule has 0 aromatic carbocycles. The Kier molecular flexibility index (Phi) is 33.2. The normalized spacial score (nSPS) is 18.4. The van der Waals surface area contributed by atoms with E-state index in [0.29, 0.717) is 24.3 Å². The number of nitrogens with zero attached hydrogens (tertiary/aromatic N) is 2. The lowest BCUT2D eigenvalue weighted by atomic mass is 9.90. The molecule has 1 fully saturated rings. The lowest BCUT2D eigenvalue weighted by Crippen LogP contribution is -2.42. The van der Waals surface area contributed by atoms with Crippen molar-refractivity contribution in [1.82, 2.24) is 20.2 Å². The van der Waals surface area contributed by atoms with Crippen molar-refractivity contribution >= 4 is 6.08 Å². The highest BCUT2D eigenvalue weighted by molar-refractivity contribution is 5.44. The third kappa shape index (κ3) is 20.8. The minimum Gasteiger partial charge on any atom is -0.386 e. The van der Waals surface area contributed by atoms with E-state index >= 15 is 0 Å². The molecular formula is C32H65F3N4. The highest BCUT2D eigenvalue weighted by Gasteiger charge is 2.36. The largest absolute Gasteiger partial charge is 0.434 e. The fraction of sp³-hybridized carbons (Fsp3) is 0.781. The van der Waals surface area contributed by atoms with Crippen molar-refractivity contribution in [3.8, 4) is 0 Å². The summed E-state index contributed by atoms with van der Waals surface area (Å²) in [6.07, 6.45) is 8.72. The lowest BCUT2D eigenvalue weighted by molar-refractivity contribution is -0.141. The third-order valence-electron chi connectivity index (χ3n) is 5.12. The smallest absolute Gasteiger partial charge is 0.386 e. The molecule has 1 aliphatic carbocycles. The highest BCUT2D eigenvalue weighted by atomic mass is 19.4. The zero-order valence-corrected chi connectivity index (χ0v) is 27.9. The van der Waals surface area contributed by atoms with E-state index in [4.69, 9.17) is 0 Å². The van der Waals surface area contributed by atoms with Crippen molar-refractivity contribution in [3.63, 3.8) is 0 Å². The first-order valence-electron chi connectivity index (χ1n) is 15.7. The predicted octanol–water partition coefficient (Wildman–Crippen LogP) is 11.2. The quantitative estimate of drug-likeness (QED) is 0.375. The van der Waals surface area contributed by atoms with Crippen LogP contribution in [0.5, 0.6) is 0 Å². The van der Waals surface area contributed by atoms with Gasteiger partial charge in [-0.2, -0.15) is 13.2 Å². The molecule has 4 nitrogen and oxygen atoms in total. The van der Waals surface area contributed by atoms with Gasteiger partial charge < -0.3 is 9.88 Å². The molecule has 0 spiro atoms. The Bertz CT molecular complexity index is 671. The SMILES string of the molecule is C=C(C)NC1CCC(NC2CC=Cc3nc(C(F)(F)F)cn32)CC1.CC.CC.CC.CC.CCC.CCCC. The van der Waals surface area contributed by atoms with E-state index < -0.39 is 11.9 Å². The Morgan fingerprint density at radius 2 is 1.33 bits per heavy atom. The molecule has 1 atom stereocenters. The van der Waals surface area contributed by atoms with Gasteiger partial charge in [0.25, 0.3) is 0 Å². The zero-order valence-electron chi connectivity index (χ0n) is 27.9. The Morgan fingerprint density at radius 3 is 1.72 bits per heavy atom. The topological polar surface area (TPSA) is 41.9 Å². The van der Waals surface area contributed by atoms with Gasteiger partial charge in [-0.15, -0.1) is 0 Å². The molecule has 2 N–H and O–H groups in total. The Hall–Kier alpha value is -1.76. The van der Waals surface area contributed by atoms with Gasteiger partial charge in [-0.05, 0) is 45.1 Å². The van der Waals surface area contributed by atoms with Crippen LogP contribution in [0.3, 0.4) is 0 Å². The minimum atomic E-state index is -4.41. The summed E-state index contributed by atoms with van der Waals surface area (Å²) in [7, 11) is 0. The van der Waals surface area contributed by atoms with E-state index in [1.54, 1.807) is 10.6 Å². The zero-order chi connectivity index (χ0) is 31.4. The van der Waals surface area contributed by atoms with E-state index in [1.807, 2.05) is 68.4 Å². The third-order valence-corrected chi connectivity index (χ3v) is 5.12. The van der Waals surface area contributed by atoms with Gasteiger partial charge in [0.15, 0.2) is 5.69 Å².